The third-order valence-corrected chi connectivity index (χ3v) is 12.1. The van der Waals surface area contributed by atoms with E-state index in [2.05, 4.69) is 160 Å². The molecule has 0 bridgehead atoms. The Labute approximate surface area is 471 Å². The Morgan fingerprint density at radius 3 is 1.04 bits per heavy atom. The summed E-state index contributed by atoms with van der Waals surface area (Å²) < 4.78 is 22.8. The Kier molecular flexibility index (Phi) is 53.8. The first-order chi connectivity index (χ1) is 37.6. The van der Waals surface area contributed by atoms with Crippen molar-refractivity contribution in [2.75, 3.05) is 47.5 Å². The van der Waals surface area contributed by atoms with Crippen molar-refractivity contribution in [3.8, 4) is 0 Å². The summed E-state index contributed by atoms with van der Waals surface area (Å²) in [4.78, 5) is 37.4. The van der Waals surface area contributed by atoms with Crippen molar-refractivity contribution in [3.63, 3.8) is 0 Å². The number of hydrogen-bond acceptors (Lipinski definition) is 7. The first-order valence-corrected chi connectivity index (χ1v) is 30.0. The number of hydrogen-bond donors (Lipinski definition) is 1. The van der Waals surface area contributed by atoms with Crippen molar-refractivity contribution in [1.29, 1.82) is 0 Å². The number of unbranched alkanes of at least 4 members (excludes halogenated alkanes) is 14. The van der Waals surface area contributed by atoms with Crippen LogP contribution in [0.2, 0.25) is 0 Å². The molecular formula is C68H110NO8+. The van der Waals surface area contributed by atoms with Crippen LogP contribution in [0.3, 0.4) is 0 Å². The van der Waals surface area contributed by atoms with E-state index in [1.54, 1.807) is 0 Å². The van der Waals surface area contributed by atoms with Gasteiger partial charge < -0.3 is 28.5 Å². The van der Waals surface area contributed by atoms with Gasteiger partial charge in [0.05, 0.1) is 34.4 Å². The second-order valence-corrected chi connectivity index (χ2v) is 20.5. The highest BCUT2D eigenvalue weighted by Crippen LogP contribution is 2.14. The molecule has 9 nitrogen and oxygen atoms in total. The maximum Gasteiger partial charge on any atom is 0.361 e. The summed E-state index contributed by atoms with van der Waals surface area (Å²) in [7, 11) is 5.95. The topological polar surface area (TPSA) is 108 Å². The molecule has 0 aliphatic rings. The monoisotopic (exact) mass is 1070 g/mol. The van der Waals surface area contributed by atoms with Gasteiger partial charge in [-0.05, 0) is 116 Å². The second kappa shape index (κ2) is 57.3. The number of aliphatic carboxylic acids is 1. The van der Waals surface area contributed by atoms with Crippen LogP contribution in [0.5, 0.6) is 0 Å². The van der Waals surface area contributed by atoms with E-state index < -0.39 is 24.3 Å². The molecule has 1 N–H and O–H groups in total. The lowest BCUT2D eigenvalue weighted by atomic mass is 10.1. The summed E-state index contributed by atoms with van der Waals surface area (Å²) in [5, 5.41) is 9.70. The van der Waals surface area contributed by atoms with Gasteiger partial charge in [-0.15, -0.1) is 0 Å². The molecule has 2 atom stereocenters. The number of rotatable bonds is 53. The fraction of sp³-hybridized carbons (Fsp3) is 0.603. The van der Waals surface area contributed by atoms with Crippen LogP contribution in [0.15, 0.2) is 146 Å². The number of allylic oxidation sites excluding steroid dienone is 24. The van der Waals surface area contributed by atoms with Gasteiger partial charge in [-0.2, -0.15) is 0 Å². The predicted molar refractivity (Wildman–Crippen MR) is 327 cm³/mol. The van der Waals surface area contributed by atoms with Crippen LogP contribution in [0.25, 0.3) is 0 Å². The van der Waals surface area contributed by atoms with Crippen molar-refractivity contribution in [1.82, 2.24) is 0 Å². The third kappa shape index (κ3) is 58.7. The van der Waals surface area contributed by atoms with Gasteiger partial charge in [-0.3, -0.25) is 9.59 Å². The third-order valence-electron chi connectivity index (χ3n) is 12.1. The van der Waals surface area contributed by atoms with Crippen molar-refractivity contribution in [2.45, 2.75) is 219 Å². The fourth-order valence-electron chi connectivity index (χ4n) is 7.55. The van der Waals surface area contributed by atoms with Gasteiger partial charge in [0.25, 0.3) is 6.29 Å². The normalized spacial score (nSPS) is 13.8. The predicted octanol–water partition coefficient (Wildman–Crippen LogP) is 18.0. The smallest absolute Gasteiger partial charge is 0.361 e. The molecule has 0 radical (unpaired) electrons. The molecule has 0 aromatic rings. The first kappa shape index (κ1) is 72.2. The van der Waals surface area contributed by atoms with Crippen LogP contribution in [0.4, 0.5) is 0 Å². The fourth-order valence-corrected chi connectivity index (χ4v) is 7.55. The van der Waals surface area contributed by atoms with E-state index in [1.165, 1.54) is 38.5 Å². The highest BCUT2D eigenvalue weighted by molar-refractivity contribution is 5.71. The lowest BCUT2D eigenvalue weighted by molar-refractivity contribution is -0.870. The zero-order valence-corrected chi connectivity index (χ0v) is 49.3. The van der Waals surface area contributed by atoms with E-state index in [-0.39, 0.29) is 38.6 Å². The summed E-state index contributed by atoms with van der Waals surface area (Å²) in [5.74, 6) is -2.05. The van der Waals surface area contributed by atoms with E-state index in [9.17, 15) is 19.5 Å². The number of carbonyl (C=O) groups is 3. The quantitative estimate of drug-likeness (QED) is 0.0211. The molecule has 0 saturated heterocycles. The molecule has 0 rings (SSSR count). The summed E-state index contributed by atoms with van der Waals surface area (Å²) in [5.41, 5.74) is 0. The number of carboxylic acid groups (broad SMARTS) is 1. The molecule has 0 aromatic heterocycles. The summed E-state index contributed by atoms with van der Waals surface area (Å²) >= 11 is 0. The Morgan fingerprint density at radius 2 is 0.701 bits per heavy atom. The molecule has 0 saturated carbocycles. The maximum atomic E-state index is 12.9. The van der Waals surface area contributed by atoms with E-state index in [4.69, 9.17) is 18.9 Å². The lowest BCUT2D eigenvalue weighted by Gasteiger charge is -2.25. The number of esters is 2. The number of nitrogens with zero attached hydrogens (tertiary/aromatic N) is 1. The van der Waals surface area contributed by atoms with Crippen LogP contribution >= 0.6 is 0 Å². The highest BCUT2D eigenvalue weighted by atomic mass is 16.7. The molecule has 0 aromatic carbocycles. The van der Waals surface area contributed by atoms with Crippen LogP contribution in [-0.2, 0) is 33.3 Å². The van der Waals surface area contributed by atoms with Crippen LogP contribution in [-0.4, -0.2) is 87.4 Å². The Hall–Kier alpha value is -4.83. The Morgan fingerprint density at radius 1 is 0.390 bits per heavy atom. The van der Waals surface area contributed by atoms with Gasteiger partial charge in [0, 0.05) is 12.8 Å². The van der Waals surface area contributed by atoms with Crippen molar-refractivity contribution >= 4 is 17.9 Å². The minimum atomic E-state index is -1.53. The molecular weight excluding hydrogens is 959 g/mol. The van der Waals surface area contributed by atoms with Gasteiger partial charge in [0.2, 0.25) is 0 Å². The van der Waals surface area contributed by atoms with E-state index in [0.29, 0.717) is 17.4 Å². The molecule has 0 aliphatic heterocycles. The molecule has 77 heavy (non-hydrogen) atoms. The van der Waals surface area contributed by atoms with Gasteiger partial charge in [-0.25, -0.2) is 4.79 Å². The molecule has 434 valence electrons. The van der Waals surface area contributed by atoms with Crippen LogP contribution < -0.4 is 0 Å². The van der Waals surface area contributed by atoms with E-state index >= 15 is 0 Å². The standard InChI is InChI=1S/C68H109NO8/c1-6-8-10-12-14-16-18-20-22-24-25-26-27-28-29-30-31-32-33-34-35-36-37-38-39-40-41-43-45-47-49-51-53-55-57-59-66(71)77-64(63-76-68(67(72)73)74-61-60-69(3,4)5)62-75-65(70)58-56-54-52-50-48-46-44-42-23-21-19-17-15-13-11-9-7-2/h8-11,14-17,20-23,25-26,28-29,31-32,34-35,37-38,40-41,64,68H,6-7,12-13,18-19,24,27,30,33,36,39,42-63H2,1-5H3/p+1/b10-8-,11-9-,16-14-,17-15-,22-20-,23-21-,26-25-,29-28-,32-31-,35-34-,38-37-,41-40-. The van der Waals surface area contributed by atoms with E-state index in [1.807, 2.05) is 21.1 Å². The minimum absolute atomic E-state index is 0.175. The molecule has 0 spiro atoms. The molecule has 0 aliphatic carbocycles. The Balaban J connectivity index is 4.27. The second-order valence-electron chi connectivity index (χ2n) is 20.5. The molecule has 0 fully saturated rings. The molecule has 0 heterocycles. The highest BCUT2D eigenvalue weighted by Gasteiger charge is 2.25. The largest absolute Gasteiger partial charge is 0.477 e. The summed E-state index contributed by atoms with van der Waals surface area (Å²) in [6.45, 7) is 4.60. The zero-order chi connectivity index (χ0) is 56.2. The van der Waals surface area contributed by atoms with Crippen LogP contribution in [0, 0.1) is 0 Å². The van der Waals surface area contributed by atoms with E-state index in [0.717, 1.165) is 135 Å². The average Bonchev–Trinajstić information content (AvgIpc) is 3.40. The number of quaternary nitrogens is 1. The lowest BCUT2D eigenvalue weighted by Crippen LogP contribution is -2.40. The van der Waals surface area contributed by atoms with Crippen molar-refractivity contribution in [2.24, 2.45) is 0 Å². The molecule has 2 unspecified atom stereocenters. The zero-order valence-electron chi connectivity index (χ0n) is 49.3. The SMILES string of the molecule is CC/C=C\C/C=C\C/C=C\C/C=C\C/C=C\C/C=C\C/C=C\C/C=C\C/C=C\CCCCCCCCCC(=O)OC(COC(=O)CCCCCCCCC/C=C\C/C=C\C/C=C\CC)COC(OCC[N+](C)(C)C)C(=O)O. The van der Waals surface area contributed by atoms with Gasteiger partial charge in [0.1, 0.15) is 13.2 Å². The minimum Gasteiger partial charge on any atom is -0.477 e. The number of carboxylic acids is 1. The van der Waals surface area contributed by atoms with Gasteiger partial charge >= 0.3 is 17.9 Å². The number of carbonyl (C=O) groups excluding carboxylic acids is 2. The molecule has 9 heteroatoms. The van der Waals surface area contributed by atoms with Gasteiger partial charge in [0.15, 0.2) is 6.10 Å². The average molecular weight is 1070 g/mol. The number of likely N-dealkylation sites (N-methyl/N-ethyl adjacent to an activating group) is 1. The Bertz CT molecular complexity index is 1770. The summed E-state index contributed by atoms with van der Waals surface area (Å²) in [6, 6.07) is 0. The number of ether oxygens (including phenoxy) is 4. The molecule has 0 amide bonds. The maximum absolute atomic E-state index is 12.9. The summed E-state index contributed by atoms with van der Waals surface area (Å²) in [6.07, 6.45) is 80.7. The van der Waals surface area contributed by atoms with Gasteiger partial charge in [-0.1, -0.05) is 224 Å². The van der Waals surface area contributed by atoms with Crippen molar-refractivity contribution in [3.05, 3.63) is 146 Å². The van der Waals surface area contributed by atoms with Crippen LogP contribution in [0.1, 0.15) is 206 Å². The van der Waals surface area contributed by atoms with Crippen molar-refractivity contribution < 1.29 is 42.9 Å². The first-order valence-electron chi connectivity index (χ1n) is 30.0.